The Morgan fingerprint density at radius 2 is 1.20 bits per heavy atom. The molecule has 3 fully saturated rings. The molecule has 1 unspecified atom stereocenters. The third-order valence-corrected chi connectivity index (χ3v) is 5.01. The van der Waals surface area contributed by atoms with Crippen molar-refractivity contribution in [2.75, 3.05) is 0 Å². The lowest BCUT2D eigenvalue weighted by Crippen LogP contribution is -2.29. The lowest BCUT2D eigenvalue weighted by molar-refractivity contribution is -0.0544. The molecule has 86 valence electrons. The summed E-state index contributed by atoms with van der Waals surface area (Å²) in [5, 5.41) is 0. The molecule has 0 heterocycles. The van der Waals surface area contributed by atoms with Crippen LogP contribution in [0.1, 0.15) is 51.4 Å². The Bertz CT molecular complexity index is 239. The number of fused-ring (bicyclic) bond motifs is 1. The quantitative estimate of drug-likeness (QED) is 0.612. The number of hydrogen-bond acceptors (Lipinski definition) is 0. The maximum atomic E-state index is 13.0. The molecule has 0 aromatic heterocycles. The van der Waals surface area contributed by atoms with Crippen molar-refractivity contribution in [3.05, 3.63) is 0 Å². The van der Waals surface area contributed by atoms with Crippen LogP contribution in [-0.4, -0.2) is 5.92 Å². The van der Waals surface area contributed by atoms with Gasteiger partial charge in [0, 0.05) is 12.8 Å². The van der Waals surface area contributed by atoms with Gasteiger partial charge in [0.05, 0.1) is 0 Å². The summed E-state index contributed by atoms with van der Waals surface area (Å²) in [7, 11) is 0. The molecule has 0 spiro atoms. The van der Waals surface area contributed by atoms with Gasteiger partial charge in [0.15, 0.2) is 0 Å². The zero-order chi connectivity index (χ0) is 10.5. The second-order valence-corrected chi connectivity index (χ2v) is 6.02. The molecule has 0 aromatic rings. The van der Waals surface area contributed by atoms with E-state index >= 15 is 0 Å². The van der Waals surface area contributed by atoms with Crippen LogP contribution in [0.2, 0.25) is 0 Å². The maximum Gasteiger partial charge on any atom is 0.248 e. The van der Waals surface area contributed by atoms with Crippen molar-refractivity contribution in [3.8, 4) is 0 Å². The van der Waals surface area contributed by atoms with Crippen LogP contribution in [0.3, 0.4) is 0 Å². The highest BCUT2D eigenvalue weighted by molar-refractivity contribution is 4.95. The fourth-order valence-electron chi connectivity index (χ4n) is 3.85. The van der Waals surface area contributed by atoms with Crippen LogP contribution in [0.4, 0.5) is 8.78 Å². The van der Waals surface area contributed by atoms with Crippen LogP contribution in [0.5, 0.6) is 0 Å². The van der Waals surface area contributed by atoms with Crippen LogP contribution in [-0.2, 0) is 0 Å². The van der Waals surface area contributed by atoms with Crippen LogP contribution in [0.15, 0.2) is 0 Å². The molecule has 2 heteroatoms. The minimum absolute atomic E-state index is 0.155. The number of rotatable bonds is 1. The van der Waals surface area contributed by atoms with Gasteiger partial charge in [0.2, 0.25) is 5.92 Å². The minimum Gasteiger partial charge on any atom is -0.207 e. The molecule has 0 nitrogen and oxygen atoms in total. The number of hydrogen-bond donors (Lipinski definition) is 0. The molecule has 3 aliphatic carbocycles. The van der Waals surface area contributed by atoms with Crippen molar-refractivity contribution in [3.63, 3.8) is 0 Å². The highest BCUT2D eigenvalue weighted by atomic mass is 19.3. The summed E-state index contributed by atoms with van der Waals surface area (Å²) in [5.74, 6) is 1.11. The summed E-state index contributed by atoms with van der Waals surface area (Å²) < 4.78 is 26.1. The van der Waals surface area contributed by atoms with Crippen molar-refractivity contribution < 1.29 is 8.78 Å². The van der Waals surface area contributed by atoms with E-state index in [-0.39, 0.29) is 12.8 Å². The van der Waals surface area contributed by atoms with E-state index in [4.69, 9.17) is 0 Å². The largest absolute Gasteiger partial charge is 0.248 e. The van der Waals surface area contributed by atoms with Gasteiger partial charge >= 0.3 is 0 Å². The zero-order valence-electron chi connectivity index (χ0n) is 9.22. The first-order chi connectivity index (χ1) is 7.14. The smallest absolute Gasteiger partial charge is 0.207 e. The monoisotopic (exact) mass is 214 g/mol. The van der Waals surface area contributed by atoms with Gasteiger partial charge in [-0.05, 0) is 62.2 Å². The van der Waals surface area contributed by atoms with Gasteiger partial charge in [-0.2, -0.15) is 0 Å². The van der Waals surface area contributed by atoms with E-state index in [0.717, 1.165) is 30.6 Å². The summed E-state index contributed by atoms with van der Waals surface area (Å²) >= 11 is 0. The normalized spacial score (nSPS) is 44.8. The van der Waals surface area contributed by atoms with E-state index in [1.807, 2.05) is 0 Å². The van der Waals surface area contributed by atoms with E-state index in [9.17, 15) is 8.78 Å². The Hall–Kier alpha value is -0.140. The average Bonchev–Trinajstić information content (AvgIpc) is 2.95. The number of halogens is 2. The molecule has 0 bridgehead atoms. The molecule has 0 saturated heterocycles. The summed E-state index contributed by atoms with van der Waals surface area (Å²) in [6.07, 6.45) is 7.41. The summed E-state index contributed by atoms with van der Waals surface area (Å²) in [6.45, 7) is 0. The molecule has 3 atom stereocenters. The fraction of sp³-hybridized carbons (Fsp3) is 1.00. The molecule has 3 aliphatic rings. The summed E-state index contributed by atoms with van der Waals surface area (Å²) in [4.78, 5) is 0. The molecule has 0 aliphatic heterocycles. The molecule has 0 amide bonds. The molecule has 0 aromatic carbocycles. The first-order valence-electron chi connectivity index (χ1n) is 6.52. The highest BCUT2D eigenvalue weighted by Crippen LogP contribution is 2.54. The molecule has 0 N–H and O–H groups in total. The maximum absolute atomic E-state index is 13.0. The van der Waals surface area contributed by atoms with Gasteiger partial charge in [-0.25, -0.2) is 8.78 Å². The van der Waals surface area contributed by atoms with Crippen LogP contribution in [0, 0.1) is 23.7 Å². The second kappa shape index (κ2) is 3.43. The third kappa shape index (κ3) is 2.05. The number of alkyl halides is 2. The van der Waals surface area contributed by atoms with Gasteiger partial charge in [-0.1, -0.05) is 0 Å². The SMILES string of the molecule is FC1(F)CCC(C2CC[C@@H]3C[C@@H]3C2)CC1. The Labute approximate surface area is 90.4 Å². The van der Waals surface area contributed by atoms with Crippen LogP contribution >= 0.6 is 0 Å². The van der Waals surface area contributed by atoms with Crippen LogP contribution in [0.25, 0.3) is 0 Å². The zero-order valence-corrected chi connectivity index (χ0v) is 9.22. The van der Waals surface area contributed by atoms with Crippen LogP contribution < -0.4 is 0 Å². The fourth-order valence-corrected chi connectivity index (χ4v) is 3.85. The topological polar surface area (TPSA) is 0 Å². The van der Waals surface area contributed by atoms with E-state index < -0.39 is 5.92 Å². The Morgan fingerprint density at radius 3 is 1.73 bits per heavy atom. The van der Waals surface area contributed by atoms with Gasteiger partial charge in [0.1, 0.15) is 0 Å². The van der Waals surface area contributed by atoms with E-state index in [1.54, 1.807) is 0 Å². The lowest BCUT2D eigenvalue weighted by atomic mass is 9.72. The van der Waals surface area contributed by atoms with E-state index in [0.29, 0.717) is 5.92 Å². The molecule has 3 rings (SSSR count). The average molecular weight is 214 g/mol. The Balaban J connectivity index is 1.55. The lowest BCUT2D eigenvalue weighted by Gasteiger charge is -2.35. The molecule has 3 saturated carbocycles. The molecular weight excluding hydrogens is 194 g/mol. The van der Waals surface area contributed by atoms with E-state index in [1.165, 1.54) is 25.7 Å². The van der Waals surface area contributed by atoms with Gasteiger partial charge in [-0.3, -0.25) is 0 Å². The Morgan fingerprint density at radius 1 is 0.667 bits per heavy atom. The Kier molecular flexibility index (Phi) is 2.29. The summed E-state index contributed by atoms with van der Waals surface area (Å²) in [5.41, 5.74) is 0. The van der Waals surface area contributed by atoms with Crippen molar-refractivity contribution in [1.29, 1.82) is 0 Å². The minimum atomic E-state index is -2.34. The third-order valence-electron chi connectivity index (χ3n) is 5.01. The van der Waals surface area contributed by atoms with E-state index in [2.05, 4.69) is 0 Å². The highest BCUT2D eigenvalue weighted by Gasteiger charge is 2.45. The van der Waals surface area contributed by atoms with Crippen molar-refractivity contribution in [1.82, 2.24) is 0 Å². The first kappa shape index (κ1) is 10.0. The van der Waals surface area contributed by atoms with Gasteiger partial charge in [-0.15, -0.1) is 0 Å². The second-order valence-electron chi connectivity index (χ2n) is 6.02. The van der Waals surface area contributed by atoms with Gasteiger partial charge < -0.3 is 0 Å². The van der Waals surface area contributed by atoms with Gasteiger partial charge in [0.25, 0.3) is 0 Å². The van der Waals surface area contributed by atoms with Crippen molar-refractivity contribution in [2.24, 2.45) is 23.7 Å². The first-order valence-corrected chi connectivity index (χ1v) is 6.52. The van der Waals surface area contributed by atoms with Crippen molar-refractivity contribution >= 4 is 0 Å². The molecule has 0 radical (unpaired) electrons. The summed E-state index contributed by atoms with van der Waals surface area (Å²) in [6, 6.07) is 0. The van der Waals surface area contributed by atoms with Crippen molar-refractivity contribution in [2.45, 2.75) is 57.3 Å². The molecular formula is C13H20F2. The predicted molar refractivity (Wildman–Crippen MR) is 55.8 cm³/mol. The molecule has 15 heavy (non-hydrogen) atoms. The standard InChI is InChI=1S/C13H20F2/c14-13(15)5-3-9(4-6-13)10-1-2-11-8-12(11)7-10/h9-12H,1-8H2/t10?,11-,12+/m1/s1. The predicted octanol–water partition coefficient (Wildman–Crippen LogP) is 4.25.